The quantitative estimate of drug-likeness (QED) is 0.404. The van der Waals surface area contributed by atoms with Gasteiger partial charge in [-0.2, -0.15) is 9.37 Å². The van der Waals surface area contributed by atoms with Crippen molar-refractivity contribution in [1.29, 1.82) is 0 Å². The summed E-state index contributed by atoms with van der Waals surface area (Å²) in [5.41, 5.74) is -0.403. The highest BCUT2D eigenvalue weighted by atomic mass is 35.5. The lowest BCUT2D eigenvalue weighted by Crippen LogP contribution is -2.19. The fourth-order valence-electron chi connectivity index (χ4n) is 2.61. The number of nitrogens with zero attached hydrogens (tertiary/aromatic N) is 1. The predicted octanol–water partition coefficient (Wildman–Crippen LogP) is 4.97. The number of ether oxygens (including phenoxy) is 1. The average molecular weight is 437 g/mol. The van der Waals surface area contributed by atoms with E-state index < -0.39 is 35.0 Å². The molecule has 0 saturated carbocycles. The van der Waals surface area contributed by atoms with Gasteiger partial charge < -0.3 is 15.2 Å². The number of carbonyl (C=O) groups is 1. The number of anilines is 1. The van der Waals surface area contributed by atoms with Gasteiger partial charge in [-0.05, 0) is 31.2 Å². The van der Waals surface area contributed by atoms with Crippen molar-refractivity contribution in [3.8, 4) is 11.6 Å². The number of hydrogen-bond donors (Lipinski definition) is 2. The fraction of sp³-hybridized carbons (Fsp3) is 0.143. The monoisotopic (exact) mass is 436 g/mol. The molecule has 0 spiro atoms. The third-order valence-corrected chi connectivity index (χ3v) is 4.32. The summed E-state index contributed by atoms with van der Waals surface area (Å²) in [6.07, 6.45) is -0.816. The molecule has 9 heteroatoms. The van der Waals surface area contributed by atoms with Gasteiger partial charge in [0.05, 0.1) is 16.8 Å². The molecule has 0 bridgehead atoms. The third kappa shape index (κ3) is 4.90. The summed E-state index contributed by atoms with van der Waals surface area (Å²) in [4.78, 5) is 16.5. The first-order valence-corrected chi connectivity index (χ1v) is 9.18. The summed E-state index contributed by atoms with van der Waals surface area (Å²) in [6, 6.07) is 9.88. The molecule has 1 heterocycles. The van der Waals surface area contributed by atoms with Crippen LogP contribution in [0, 0.1) is 17.6 Å². The number of aliphatic hydroxyl groups excluding tert-OH is 1. The average Bonchev–Trinajstić information content (AvgIpc) is 2.68. The summed E-state index contributed by atoms with van der Waals surface area (Å²) < 4.78 is 47.0. The zero-order valence-corrected chi connectivity index (χ0v) is 16.4. The molecule has 0 saturated heterocycles. The number of hydrogen-bond acceptors (Lipinski definition) is 5. The van der Waals surface area contributed by atoms with Gasteiger partial charge >= 0.3 is 0 Å². The Morgan fingerprint density at radius 3 is 2.60 bits per heavy atom. The number of aromatic nitrogens is 1. The lowest BCUT2D eigenvalue weighted by Gasteiger charge is -2.15. The van der Waals surface area contributed by atoms with Crippen molar-refractivity contribution in [2.75, 3.05) is 11.9 Å². The molecule has 1 atom stereocenters. The van der Waals surface area contributed by atoms with E-state index in [1.807, 2.05) is 0 Å². The second-order valence-corrected chi connectivity index (χ2v) is 6.80. The number of pyridine rings is 1. The van der Waals surface area contributed by atoms with Crippen LogP contribution in [-0.4, -0.2) is 28.5 Å². The molecular weight excluding hydrogens is 421 g/mol. The van der Waals surface area contributed by atoms with Crippen LogP contribution in [0.4, 0.5) is 18.9 Å². The smallest absolute Gasteiger partial charge is 0.229 e. The van der Waals surface area contributed by atoms with Gasteiger partial charge in [-0.15, -0.1) is 0 Å². The summed E-state index contributed by atoms with van der Waals surface area (Å²) in [5, 5.41) is 12.4. The fourth-order valence-corrected chi connectivity index (χ4v) is 2.83. The van der Waals surface area contributed by atoms with Crippen LogP contribution in [-0.2, 0) is 0 Å². The molecule has 1 aromatic heterocycles. The molecule has 0 aliphatic carbocycles. The van der Waals surface area contributed by atoms with Crippen molar-refractivity contribution in [3.05, 3.63) is 82.3 Å². The van der Waals surface area contributed by atoms with Crippen LogP contribution in [0.1, 0.15) is 22.8 Å². The first-order chi connectivity index (χ1) is 14.3. The van der Waals surface area contributed by atoms with Crippen molar-refractivity contribution < 1.29 is 27.8 Å². The van der Waals surface area contributed by atoms with Crippen LogP contribution in [0.2, 0.25) is 5.02 Å². The van der Waals surface area contributed by atoms with Crippen molar-refractivity contribution in [3.63, 3.8) is 0 Å². The van der Waals surface area contributed by atoms with Crippen LogP contribution < -0.4 is 10.1 Å². The van der Waals surface area contributed by atoms with E-state index in [0.29, 0.717) is 6.07 Å². The molecule has 3 aromatic rings. The molecule has 1 unspecified atom stereocenters. The Kier molecular flexibility index (Phi) is 6.59. The number of ketones is 1. The van der Waals surface area contributed by atoms with E-state index in [2.05, 4.69) is 10.3 Å². The summed E-state index contributed by atoms with van der Waals surface area (Å²) in [5.74, 6) is -4.49. The lowest BCUT2D eigenvalue weighted by atomic mass is 10.0. The molecule has 0 radical (unpaired) electrons. The van der Waals surface area contributed by atoms with E-state index >= 15 is 0 Å². The number of benzene rings is 2. The highest BCUT2D eigenvalue weighted by molar-refractivity contribution is 6.35. The van der Waals surface area contributed by atoms with E-state index in [1.54, 1.807) is 12.1 Å². The number of halogens is 4. The Hall–Kier alpha value is -3.10. The minimum atomic E-state index is -1.19. The van der Waals surface area contributed by atoms with Crippen LogP contribution >= 0.6 is 11.6 Å². The second-order valence-electron chi connectivity index (χ2n) is 6.39. The zero-order valence-electron chi connectivity index (χ0n) is 15.6. The SMILES string of the molecule is CC(O)CNc1cc(Oc2ccc(F)cc2F)nc(F)c1C(=O)c1ccccc1Cl. The molecule has 0 aliphatic heterocycles. The van der Waals surface area contributed by atoms with E-state index in [9.17, 15) is 23.1 Å². The maximum absolute atomic E-state index is 14.9. The molecule has 0 aliphatic rings. The Balaban J connectivity index is 2.04. The first-order valence-electron chi connectivity index (χ1n) is 8.81. The van der Waals surface area contributed by atoms with Gasteiger partial charge in [0.25, 0.3) is 0 Å². The Morgan fingerprint density at radius 1 is 1.20 bits per heavy atom. The Labute approximate surface area is 175 Å². The number of nitrogens with one attached hydrogen (secondary N) is 1. The van der Waals surface area contributed by atoms with E-state index in [-0.39, 0.29) is 34.4 Å². The molecule has 0 fully saturated rings. The predicted molar refractivity (Wildman–Crippen MR) is 106 cm³/mol. The van der Waals surface area contributed by atoms with Gasteiger partial charge in [-0.25, -0.2) is 8.78 Å². The highest BCUT2D eigenvalue weighted by Crippen LogP contribution is 2.31. The third-order valence-electron chi connectivity index (χ3n) is 3.99. The van der Waals surface area contributed by atoms with Gasteiger partial charge in [0.15, 0.2) is 11.6 Å². The second kappa shape index (κ2) is 9.15. The molecular formula is C21H16ClF3N2O3. The summed E-state index contributed by atoms with van der Waals surface area (Å²) in [7, 11) is 0. The van der Waals surface area contributed by atoms with E-state index in [0.717, 1.165) is 12.1 Å². The van der Waals surface area contributed by atoms with Gasteiger partial charge in [0.1, 0.15) is 11.4 Å². The molecule has 3 rings (SSSR count). The standard InChI is InChI=1S/C21H16ClF3N2O3/c1-11(28)10-26-16-9-18(30-17-7-6-12(23)8-15(17)24)27-21(25)19(16)20(29)13-4-2-3-5-14(13)22/h2-9,11,28H,10H2,1H3,(H,26,27). The van der Waals surface area contributed by atoms with Gasteiger partial charge in [-0.1, -0.05) is 23.7 Å². The first kappa shape index (κ1) is 21.6. The molecule has 2 N–H and O–H groups in total. The Bertz CT molecular complexity index is 1090. The van der Waals surface area contributed by atoms with E-state index in [4.69, 9.17) is 16.3 Å². The van der Waals surface area contributed by atoms with Crippen LogP contribution in [0.5, 0.6) is 11.6 Å². The van der Waals surface area contributed by atoms with Crippen LogP contribution in [0.25, 0.3) is 0 Å². The minimum Gasteiger partial charge on any atom is -0.436 e. The number of carbonyl (C=O) groups excluding carboxylic acids is 1. The maximum atomic E-state index is 14.9. The largest absolute Gasteiger partial charge is 0.436 e. The van der Waals surface area contributed by atoms with Crippen molar-refractivity contribution in [1.82, 2.24) is 4.98 Å². The summed E-state index contributed by atoms with van der Waals surface area (Å²) in [6.45, 7) is 1.47. The zero-order chi connectivity index (χ0) is 21.8. The number of rotatable bonds is 7. The molecule has 2 aromatic carbocycles. The van der Waals surface area contributed by atoms with E-state index in [1.165, 1.54) is 25.1 Å². The van der Waals surface area contributed by atoms with Gasteiger partial charge in [-0.3, -0.25) is 4.79 Å². The Morgan fingerprint density at radius 2 is 1.93 bits per heavy atom. The normalized spacial score (nSPS) is 11.8. The molecule has 5 nitrogen and oxygen atoms in total. The summed E-state index contributed by atoms with van der Waals surface area (Å²) >= 11 is 6.05. The van der Waals surface area contributed by atoms with Gasteiger partial charge in [0, 0.05) is 24.2 Å². The van der Waals surface area contributed by atoms with Crippen molar-refractivity contribution >= 4 is 23.1 Å². The van der Waals surface area contributed by atoms with Gasteiger partial charge in [0.2, 0.25) is 17.6 Å². The molecule has 0 amide bonds. The van der Waals surface area contributed by atoms with Crippen molar-refractivity contribution in [2.45, 2.75) is 13.0 Å². The topological polar surface area (TPSA) is 71.4 Å². The highest BCUT2D eigenvalue weighted by Gasteiger charge is 2.24. The number of aliphatic hydroxyl groups is 1. The molecule has 30 heavy (non-hydrogen) atoms. The lowest BCUT2D eigenvalue weighted by molar-refractivity contribution is 0.103. The molecule has 156 valence electrons. The maximum Gasteiger partial charge on any atom is 0.229 e. The minimum absolute atomic E-state index is 0.0173. The van der Waals surface area contributed by atoms with Crippen LogP contribution in [0.15, 0.2) is 48.5 Å². The van der Waals surface area contributed by atoms with Crippen LogP contribution in [0.3, 0.4) is 0 Å². The van der Waals surface area contributed by atoms with Crippen molar-refractivity contribution in [2.24, 2.45) is 0 Å².